The van der Waals surface area contributed by atoms with Gasteiger partial charge in [-0.25, -0.2) is 9.97 Å². The summed E-state index contributed by atoms with van der Waals surface area (Å²) in [7, 11) is 0. The smallest absolute Gasteiger partial charge is 0.138 e. The van der Waals surface area contributed by atoms with Crippen LogP contribution in [0.25, 0.3) is 0 Å². The predicted octanol–water partition coefficient (Wildman–Crippen LogP) is 1.79. The highest BCUT2D eigenvalue weighted by atomic mass is 32.2. The van der Waals surface area contributed by atoms with E-state index in [-0.39, 0.29) is 0 Å². The van der Waals surface area contributed by atoms with E-state index >= 15 is 0 Å². The quantitative estimate of drug-likeness (QED) is 0.867. The van der Waals surface area contributed by atoms with Crippen LogP contribution in [0.5, 0.6) is 0 Å². The molecule has 0 radical (unpaired) electrons. The van der Waals surface area contributed by atoms with E-state index < -0.39 is 0 Å². The lowest BCUT2D eigenvalue weighted by Gasteiger charge is -2.22. The Hall–Kier alpha value is -0.610. The molecule has 0 aliphatic heterocycles. The zero-order valence-electron chi connectivity index (χ0n) is 9.78. The Kier molecular flexibility index (Phi) is 4.18. The summed E-state index contributed by atoms with van der Waals surface area (Å²) < 4.78 is 0. The fourth-order valence-corrected chi connectivity index (χ4v) is 2.61. The standard InChI is InChI=1S/C12H19N3S/c1-2-16-8-12-14-7-10-5-9(6-13)3-4-11(10)15-12/h7,9H,2-6,8,13H2,1H3. The number of thioether (sulfide) groups is 1. The predicted molar refractivity (Wildman–Crippen MR) is 68.4 cm³/mol. The Morgan fingerprint density at radius 2 is 2.44 bits per heavy atom. The van der Waals surface area contributed by atoms with E-state index in [1.54, 1.807) is 0 Å². The van der Waals surface area contributed by atoms with Gasteiger partial charge in [-0.05, 0) is 43.0 Å². The number of aryl methyl sites for hydroxylation is 1. The van der Waals surface area contributed by atoms with Crippen molar-refractivity contribution in [2.45, 2.75) is 31.9 Å². The molecule has 0 saturated heterocycles. The van der Waals surface area contributed by atoms with Crippen LogP contribution in [-0.2, 0) is 18.6 Å². The summed E-state index contributed by atoms with van der Waals surface area (Å²) in [5.41, 5.74) is 8.28. The maximum absolute atomic E-state index is 5.71. The SMILES string of the molecule is CCSCc1ncc2c(n1)CCC(CN)C2. The lowest BCUT2D eigenvalue weighted by Crippen LogP contribution is -2.23. The average molecular weight is 237 g/mol. The minimum absolute atomic E-state index is 0.631. The first-order valence-electron chi connectivity index (χ1n) is 5.95. The molecule has 0 fully saturated rings. The number of aromatic nitrogens is 2. The van der Waals surface area contributed by atoms with Gasteiger partial charge in [0.25, 0.3) is 0 Å². The highest BCUT2D eigenvalue weighted by Gasteiger charge is 2.19. The largest absolute Gasteiger partial charge is 0.330 e. The third-order valence-electron chi connectivity index (χ3n) is 3.07. The van der Waals surface area contributed by atoms with Gasteiger partial charge in [0.2, 0.25) is 0 Å². The zero-order chi connectivity index (χ0) is 11.4. The summed E-state index contributed by atoms with van der Waals surface area (Å²) in [5.74, 6) is 3.67. The molecule has 1 aromatic heterocycles. The van der Waals surface area contributed by atoms with E-state index in [0.29, 0.717) is 5.92 Å². The third-order valence-corrected chi connectivity index (χ3v) is 3.94. The second-order valence-corrected chi connectivity index (χ2v) is 5.51. The van der Waals surface area contributed by atoms with Crippen LogP contribution in [0.4, 0.5) is 0 Å². The zero-order valence-corrected chi connectivity index (χ0v) is 10.6. The van der Waals surface area contributed by atoms with Gasteiger partial charge in [0.15, 0.2) is 0 Å². The topological polar surface area (TPSA) is 51.8 Å². The van der Waals surface area contributed by atoms with Crippen molar-refractivity contribution in [1.29, 1.82) is 0 Å². The number of rotatable bonds is 4. The number of fused-ring (bicyclic) bond motifs is 1. The minimum atomic E-state index is 0.631. The molecule has 1 unspecified atom stereocenters. The lowest BCUT2D eigenvalue weighted by molar-refractivity contribution is 0.460. The maximum Gasteiger partial charge on any atom is 0.138 e. The molecule has 1 heterocycles. The molecule has 2 N–H and O–H groups in total. The molecule has 0 spiro atoms. The monoisotopic (exact) mass is 237 g/mol. The summed E-state index contributed by atoms with van der Waals surface area (Å²) in [5, 5.41) is 0. The first kappa shape index (κ1) is 11.9. The van der Waals surface area contributed by atoms with Crippen molar-refractivity contribution in [2.75, 3.05) is 12.3 Å². The second kappa shape index (κ2) is 5.64. The van der Waals surface area contributed by atoms with Gasteiger partial charge in [0, 0.05) is 11.9 Å². The van der Waals surface area contributed by atoms with Crippen LogP contribution in [0.2, 0.25) is 0 Å². The van der Waals surface area contributed by atoms with Crippen molar-refractivity contribution >= 4 is 11.8 Å². The van der Waals surface area contributed by atoms with E-state index in [0.717, 1.165) is 36.7 Å². The molecule has 0 bridgehead atoms. The Balaban J connectivity index is 2.08. The van der Waals surface area contributed by atoms with Crippen LogP contribution in [0.1, 0.15) is 30.4 Å². The highest BCUT2D eigenvalue weighted by Crippen LogP contribution is 2.23. The van der Waals surface area contributed by atoms with Gasteiger partial charge >= 0.3 is 0 Å². The number of nitrogens with zero attached hydrogens (tertiary/aromatic N) is 2. The molecule has 3 nitrogen and oxygen atoms in total. The molecule has 1 aromatic rings. The summed E-state index contributed by atoms with van der Waals surface area (Å²) in [6, 6.07) is 0. The van der Waals surface area contributed by atoms with E-state index in [4.69, 9.17) is 5.73 Å². The molecule has 88 valence electrons. The van der Waals surface area contributed by atoms with E-state index in [1.807, 2.05) is 18.0 Å². The normalized spacial score (nSPS) is 19.5. The second-order valence-electron chi connectivity index (χ2n) is 4.24. The molecule has 0 saturated carbocycles. The molecular formula is C12H19N3S. The van der Waals surface area contributed by atoms with Gasteiger partial charge in [-0.15, -0.1) is 0 Å². The van der Waals surface area contributed by atoms with Crippen molar-refractivity contribution in [3.63, 3.8) is 0 Å². The minimum Gasteiger partial charge on any atom is -0.330 e. The molecule has 4 heteroatoms. The van der Waals surface area contributed by atoms with Crippen LogP contribution in [0.3, 0.4) is 0 Å². The Bertz CT molecular complexity index is 354. The summed E-state index contributed by atoms with van der Waals surface area (Å²) in [6.45, 7) is 2.95. The van der Waals surface area contributed by atoms with Crippen molar-refractivity contribution < 1.29 is 0 Å². The molecule has 1 aliphatic rings. The highest BCUT2D eigenvalue weighted by molar-refractivity contribution is 7.98. The van der Waals surface area contributed by atoms with Gasteiger partial charge in [-0.1, -0.05) is 6.92 Å². The van der Waals surface area contributed by atoms with Gasteiger partial charge < -0.3 is 5.73 Å². The van der Waals surface area contributed by atoms with Crippen molar-refractivity contribution in [3.8, 4) is 0 Å². The van der Waals surface area contributed by atoms with Crippen LogP contribution in [-0.4, -0.2) is 22.3 Å². The Morgan fingerprint density at radius 3 is 3.19 bits per heavy atom. The van der Waals surface area contributed by atoms with Crippen LogP contribution >= 0.6 is 11.8 Å². The fraction of sp³-hybridized carbons (Fsp3) is 0.667. The number of hydrogen-bond donors (Lipinski definition) is 1. The van der Waals surface area contributed by atoms with Crippen molar-refractivity contribution in [2.24, 2.45) is 11.7 Å². The molecular weight excluding hydrogens is 218 g/mol. The van der Waals surface area contributed by atoms with Crippen LogP contribution < -0.4 is 5.73 Å². The van der Waals surface area contributed by atoms with Crippen LogP contribution in [0, 0.1) is 5.92 Å². The molecule has 2 rings (SSSR count). The van der Waals surface area contributed by atoms with Gasteiger partial charge in [-0.3, -0.25) is 0 Å². The number of hydrogen-bond acceptors (Lipinski definition) is 4. The third kappa shape index (κ3) is 2.74. The molecule has 16 heavy (non-hydrogen) atoms. The Morgan fingerprint density at radius 1 is 1.56 bits per heavy atom. The maximum atomic E-state index is 5.71. The molecule has 1 aliphatic carbocycles. The van der Waals surface area contributed by atoms with E-state index in [1.165, 1.54) is 17.7 Å². The Labute approximate surface area is 101 Å². The van der Waals surface area contributed by atoms with Crippen LogP contribution in [0.15, 0.2) is 6.20 Å². The summed E-state index contributed by atoms with van der Waals surface area (Å²) in [6.07, 6.45) is 5.33. The van der Waals surface area contributed by atoms with E-state index in [9.17, 15) is 0 Å². The number of nitrogens with two attached hydrogens (primary N) is 1. The van der Waals surface area contributed by atoms with Gasteiger partial charge in [-0.2, -0.15) is 11.8 Å². The summed E-state index contributed by atoms with van der Waals surface area (Å²) >= 11 is 1.87. The molecule has 1 atom stereocenters. The van der Waals surface area contributed by atoms with Crippen molar-refractivity contribution in [3.05, 3.63) is 23.3 Å². The van der Waals surface area contributed by atoms with Crippen molar-refractivity contribution in [1.82, 2.24) is 9.97 Å². The van der Waals surface area contributed by atoms with E-state index in [2.05, 4.69) is 16.9 Å². The first-order chi connectivity index (χ1) is 7.83. The van der Waals surface area contributed by atoms with Gasteiger partial charge in [0.05, 0.1) is 5.75 Å². The summed E-state index contributed by atoms with van der Waals surface area (Å²) in [4.78, 5) is 9.07. The first-order valence-corrected chi connectivity index (χ1v) is 7.10. The lowest BCUT2D eigenvalue weighted by atomic mass is 9.87. The van der Waals surface area contributed by atoms with Gasteiger partial charge in [0.1, 0.15) is 5.82 Å². The molecule has 0 amide bonds. The fourth-order valence-electron chi connectivity index (χ4n) is 2.09. The molecule has 0 aromatic carbocycles. The average Bonchev–Trinajstić information content (AvgIpc) is 2.35.